The van der Waals surface area contributed by atoms with Crippen LogP contribution < -0.4 is 16.0 Å². The van der Waals surface area contributed by atoms with Gasteiger partial charge in [0.2, 0.25) is 10.0 Å². The molecule has 1 aromatic heterocycles. The van der Waals surface area contributed by atoms with E-state index < -0.39 is 10.0 Å². The highest BCUT2D eigenvalue weighted by atomic mass is 32.2. The maximum Gasteiger partial charge on any atom is 0.242 e. The lowest BCUT2D eigenvalue weighted by Gasteiger charge is -2.20. The summed E-state index contributed by atoms with van der Waals surface area (Å²) in [5.41, 5.74) is 2.37. The van der Waals surface area contributed by atoms with E-state index in [0.717, 1.165) is 19.3 Å². The van der Waals surface area contributed by atoms with E-state index in [1.807, 2.05) is 0 Å². The van der Waals surface area contributed by atoms with E-state index in [0.29, 0.717) is 17.7 Å². The van der Waals surface area contributed by atoms with E-state index in [2.05, 4.69) is 29.0 Å². The van der Waals surface area contributed by atoms with Crippen LogP contribution in [-0.2, 0) is 10.0 Å². The lowest BCUT2D eigenvalue weighted by Crippen LogP contribution is -2.37. The van der Waals surface area contributed by atoms with Crippen LogP contribution in [0.5, 0.6) is 0 Å². The highest BCUT2D eigenvalue weighted by Crippen LogP contribution is 2.34. The Morgan fingerprint density at radius 2 is 2.15 bits per heavy atom. The molecule has 6 nitrogen and oxygen atoms in total. The maximum atomic E-state index is 12.3. The molecule has 7 heteroatoms. The molecule has 1 fully saturated rings. The Morgan fingerprint density at radius 1 is 1.40 bits per heavy atom. The third kappa shape index (κ3) is 3.11. The van der Waals surface area contributed by atoms with Crippen LogP contribution >= 0.6 is 0 Å². The van der Waals surface area contributed by atoms with Crippen molar-refractivity contribution in [2.45, 2.75) is 44.0 Å². The number of sulfonamides is 1. The molecule has 4 N–H and O–H groups in total. The topological polar surface area (TPSA) is 97.1 Å². The van der Waals surface area contributed by atoms with Crippen molar-refractivity contribution in [3.05, 3.63) is 18.3 Å². The zero-order valence-corrected chi connectivity index (χ0v) is 12.7. The van der Waals surface area contributed by atoms with Crippen molar-refractivity contribution in [3.63, 3.8) is 0 Å². The van der Waals surface area contributed by atoms with Crippen molar-refractivity contribution < 1.29 is 8.42 Å². The number of pyridine rings is 1. The first-order valence-electron chi connectivity index (χ1n) is 6.93. The van der Waals surface area contributed by atoms with Crippen LogP contribution in [0.3, 0.4) is 0 Å². The van der Waals surface area contributed by atoms with Gasteiger partial charge in [0.25, 0.3) is 0 Å². The van der Waals surface area contributed by atoms with Crippen molar-refractivity contribution in [1.82, 2.24) is 9.71 Å². The molecule has 2 rings (SSSR count). The van der Waals surface area contributed by atoms with Crippen molar-refractivity contribution in [2.75, 3.05) is 5.43 Å². The first-order chi connectivity index (χ1) is 9.47. The zero-order valence-electron chi connectivity index (χ0n) is 11.8. The van der Waals surface area contributed by atoms with Crippen LogP contribution in [0, 0.1) is 11.8 Å². The Bertz CT molecular complexity index is 544. The molecule has 0 bridgehead atoms. The summed E-state index contributed by atoms with van der Waals surface area (Å²) < 4.78 is 27.5. The fraction of sp³-hybridized carbons (Fsp3) is 0.615. The number of rotatable bonds is 5. The monoisotopic (exact) mass is 298 g/mol. The van der Waals surface area contributed by atoms with Crippen molar-refractivity contribution in [1.29, 1.82) is 0 Å². The molecule has 1 aliphatic carbocycles. The summed E-state index contributed by atoms with van der Waals surface area (Å²) in [6, 6.07) is 3.06. The van der Waals surface area contributed by atoms with Crippen LogP contribution in [0.15, 0.2) is 23.2 Å². The van der Waals surface area contributed by atoms with E-state index in [9.17, 15) is 8.42 Å². The van der Waals surface area contributed by atoms with Crippen LogP contribution in [-0.4, -0.2) is 19.4 Å². The Kier molecular flexibility index (Phi) is 4.62. The van der Waals surface area contributed by atoms with Crippen LogP contribution in [0.25, 0.3) is 0 Å². The third-order valence-electron chi connectivity index (χ3n) is 4.25. The van der Waals surface area contributed by atoms with Gasteiger partial charge < -0.3 is 5.43 Å². The predicted octanol–water partition coefficient (Wildman–Crippen LogP) is 1.47. The van der Waals surface area contributed by atoms with Crippen LogP contribution in [0.2, 0.25) is 0 Å². The fourth-order valence-corrected chi connectivity index (χ4v) is 4.19. The SMILES string of the molecule is CCC1CCC(NS(=O)(=O)c2ccc(NN)nc2)C1C. The summed E-state index contributed by atoms with van der Waals surface area (Å²) in [6.45, 7) is 4.27. The molecule has 1 saturated carbocycles. The van der Waals surface area contributed by atoms with E-state index in [-0.39, 0.29) is 10.9 Å². The molecule has 0 saturated heterocycles. The molecule has 3 atom stereocenters. The van der Waals surface area contributed by atoms with E-state index in [1.165, 1.54) is 12.3 Å². The number of nitrogens with one attached hydrogen (secondary N) is 2. The van der Waals surface area contributed by atoms with Crippen LogP contribution in [0.4, 0.5) is 5.82 Å². The number of hydrogen-bond acceptors (Lipinski definition) is 5. The second-order valence-corrected chi connectivity index (χ2v) is 7.07. The Morgan fingerprint density at radius 3 is 2.65 bits per heavy atom. The molecule has 0 spiro atoms. The minimum atomic E-state index is -3.51. The summed E-state index contributed by atoms with van der Waals surface area (Å²) in [6.07, 6.45) is 4.39. The highest BCUT2D eigenvalue weighted by Gasteiger charge is 2.34. The molecule has 1 aliphatic rings. The Balaban J connectivity index is 2.11. The number of anilines is 1. The number of hydrogen-bond donors (Lipinski definition) is 3. The largest absolute Gasteiger partial charge is 0.308 e. The number of nitrogens with two attached hydrogens (primary N) is 1. The second kappa shape index (κ2) is 6.07. The molecule has 1 heterocycles. The second-order valence-electron chi connectivity index (χ2n) is 5.36. The molecule has 3 unspecified atom stereocenters. The summed E-state index contributed by atoms with van der Waals surface area (Å²) in [5.74, 6) is 6.62. The number of nitrogen functional groups attached to an aromatic ring is 1. The predicted molar refractivity (Wildman–Crippen MR) is 78.3 cm³/mol. The first-order valence-corrected chi connectivity index (χ1v) is 8.41. The number of nitrogens with zero attached hydrogens (tertiary/aromatic N) is 1. The minimum Gasteiger partial charge on any atom is -0.308 e. The smallest absolute Gasteiger partial charge is 0.242 e. The fourth-order valence-electron chi connectivity index (χ4n) is 2.88. The average molecular weight is 298 g/mol. The molecular weight excluding hydrogens is 276 g/mol. The van der Waals surface area contributed by atoms with Gasteiger partial charge in [-0.2, -0.15) is 0 Å². The van der Waals surface area contributed by atoms with Gasteiger partial charge >= 0.3 is 0 Å². The molecule has 0 aliphatic heterocycles. The van der Waals surface area contributed by atoms with Crippen molar-refractivity contribution >= 4 is 15.8 Å². The van der Waals surface area contributed by atoms with Gasteiger partial charge in [-0.1, -0.05) is 20.3 Å². The van der Waals surface area contributed by atoms with Gasteiger partial charge in [-0.05, 0) is 36.8 Å². The molecule has 1 aromatic rings. The quantitative estimate of drug-likeness (QED) is 0.565. The van der Waals surface area contributed by atoms with Gasteiger partial charge in [0.1, 0.15) is 10.7 Å². The summed E-state index contributed by atoms with van der Waals surface area (Å²) >= 11 is 0. The Hall–Kier alpha value is -1.18. The molecule has 0 radical (unpaired) electrons. The van der Waals surface area contributed by atoms with Gasteiger partial charge in [0.15, 0.2) is 0 Å². The zero-order chi connectivity index (χ0) is 14.8. The highest BCUT2D eigenvalue weighted by molar-refractivity contribution is 7.89. The lowest BCUT2D eigenvalue weighted by molar-refractivity contribution is 0.368. The molecule has 20 heavy (non-hydrogen) atoms. The van der Waals surface area contributed by atoms with Gasteiger partial charge in [-0.25, -0.2) is 24.0 Å². The van der Waals surface area contributed by atoms with Crippen LogP contribution in [0.1, 0.15) is 33.1 Å². The van der Waals surface area contributed by atoms with Crippen molar-refractivity contribution in [3.8, 4) is 0 Å². The number of aromatic nitrogens is 1. The maximum absolute atomic E-state index is 12.3. The molecular formula is C13H22N4O2S. The molecule has 0 aromatic carbocycles. The van der Waals surface area contributed by atoms with Gasteiger partial charge in [-0.3, -0.25) is 0 Å². The lowest BCUT2D eigenvalue weighted by atomic mass is 9.94. The Labute approximate surface area is 120 Å². The van der Waals surface area contributed by atoms with E-state index >= 15 is 0 Å². The molecule has 0 amide bonds. The van der Waals surface area contributed by atoms with Gasteiger partial charge in [0, 0.05) is 12.2 Å². The van der Waals surface area contributed by atoms with E-state index in [1.54, 1.807) is 6.07 Å². The standard InChI is InChI=1S/C13H22N4O2S/c1-3-10-4-6-12(9(10)2)17-20(18,19)11-5-7-13(16-14)15-8-11/h5,7-10,12,17H,3-4,6,14H2,1-2H3,(H,15,16). The first kappa shape index (κ1) is 15.2. The summed E-state index contributed by atoms with van der Waals surface area (Å²) in [4.78, 5) is 4.10. The third-order valence-corrected chi connectivity index (χ3v) is 5.73. The average Bonchev–Trinajstić information content (AvgIpc) is 2.79. The molecule has 112 valence electrons. The minimum absolute atomic E-state index is 0.0114. The van der Waals surface area contributed by atoms with Gasteiger partial charge in [-0.15, -0.1) is 0 Å². The number of hydrazine groups is 1. The summed E-state index contributed by atoms with van der Waals surface area (Å²) in [7, 11) is -3.51. The summed E-state index contributed by atoms with van der Waals surface area (Å²) in [5, 5.41) is 0. The van der Waals surface area contributed by atoms with E-state index in [4.69, 9.17) is 5.84 Å². The normalized spacial score (nSPS) is 26.6. The van der Waals surface area contributed by atoms with Crippen molar-refractivity contribution in [2.24, 2.45) is 17.7 Å². The van der Waals surface area contributed by atoms with Gasteiger partial charge in [0.05, 0.1) is 0 Å².